The van der Waals surface area contributed by atoms with E-state index in [-0.39, 0.29) is 12.1 Å². The van der Waals surface area contributed by atoms with Gasteiger partial charge in [-0.15, -0.1) is 0 Å². The molecular weight excluding hydrogens is 195 g/mol. The van der Waals surface area contributed by atoms with Crippen molar-refractivity contribution >= 4 is 0 Å². The molecule has 0 aromatic carbocycles. The minimum atomic E-state index is -4.23. The van der Waals surface area contributed by atoms with Crippen LogP contribution in [0.2, 0.25) is 0 Å². The van der Waals surface area contributed by atoms with Crippen molar-refractivity contribution in [3.05, 3.63) is 0 Å². The van der Waals surface area contributed by atoms with Crippen LogP contribution in [0.25, 0.3) is 0 Å². The maximum Gasteiger partial charge on any atom is 0.411 e. The summed E-state index contributed by atoms with van der Waals surface area (Å²) in [5.41, 5.74) is 5.64. The number of hydrogen-bond donors (Lipinski definition) is 1. The lowest BCUT2D eigenvalue weighted by molar-refractivity contribution is -0.174. The van der Waals surface area contributed by atoms with Crippen molar-refractivity contribution < 1.29 is 17.9 Å². The first-order valence-corrected chi connectivity index (χ1v) is 4.81. The Balaban J connectivity index is 2.06. The van der Waals surface area contributed by atoms with Gasteiger partial charge in [-0.3, -0.25) is 0 Å². The zero-order chi connectivity index (χ0) is 10.8. The Morgan fingerprint density at radius 2 is 2.14 bits per heavy atom. The zero-order valence-corrected chi connectivity index (χ0v) is 8.23. The molecule has 2 nitrogen and oxygen atoms in total. The molecule has 5 heteroatoms. The van der Waals surface area contributed by atoms with Gasteiger partial charge in [-0.1, -0.05) is 13.3 Å². The molecular formula is C9H16F3NO. The molecule has 1 fully saturated rings. The highest BCUT2D eigenvalue weighted by molar-refractivity contribution is 5.06. The molecule has 1 aliphatic rings. The van der Waals surface area contributed by atoms with Crippen molar-refractivity contribution in [2.75, 3.05) is 13.2 Å². The normalized spacial score (nSPS) is 31.9. The fourth-order valence-electron chi connectivity index (χ4n) is 1.71. The van der Waals surface area contributed by atoms with Crippen molar-refractivity contribution in [1.82, 2.24) is 0 Å². The lowest BCUT2D eigenvalue weighted by atomic mass is 10.1. The van der Waals surface area contributed by atoms with Crippen LogP contribution < -0.4 is 5.73 Å². The summed E-state index contributed by atoms with van der Waals surface area (Å²) < 4.78 is 39.5. The molecule has 2 N–H and O–H groups in total. The number of nitrogens with two attached hydrogens (primary N) is 1. The molecule has 0 saturated heterocycles. The minimum absolute atomic E-state index is 0.104. The average molecular weight is 211 g/mol. The summed E-state index contributed by atoms with van der Waals surface area (Å²) in [5, 5.41) is 0. The monoisotopic (exact) mass is 211 g/mol. The van der Waals surface area contributed by atoms with Gasteiger partial charge in [0, 0.05) is 12.1 Å². The summed E-state index contributed by atoms with van der Waals surface area (Å²) in [4.78, 5) is 0. The van der Waals surface area contributed by atoms with Crippen LogP contribution in [0.3, 0.4) is 0 Å². The van der Waals surface area contributed by atoms with Crippen LogP contribution in [0, 0.1) is 5.92 Å². The molecule has 0 aromatic heterocycles. The molecule has 0 aliphatic heterocycles. The standard InChI is InChI=1S/C9H16F3NO/c1-2-7-5-8(7,13)3-4-14-6-9(10,11)12/h7H,2-6,13H2,1H3. The van der Waals surface area contributed by atoms with E-state index in [1.54, 1.807) is 0 Å². The van der Waals surface area contributed by atoms with E-state index in [2.05, 4.69) is 4.74 Å². The van der Waals surface area contributed by atoms with Crippen LogP contribution in [0.5, 0.6) is 0 Å². The second-order valence-corrected chi connectivity index (χ2v) is 3.96. The molecule has 14 heavy (non-hydrogen) atoms. The second-order valence-electron chi connectivity index (χ2n) is 3.96. The predicted octanol–water partition coefficient (Wildman–Crippen LogP) is 2.08. The number of rotatable bonds is 5. The Labute approximate surface area is 81.6 Å². The summed E-state index contributed by atoms with van der Waals surface area (Å²) in [6.45, 7) is 0.974. The van der Waals surface area contributed by atoms with Gasteiger partial charge in [-0.05, 0) is 18.8 Å². The van der Waals surface area contributed by atoms with Gasteiger partial charge in [0.2, 0.25) is 0 Å². The van der Waals surface area contributed by atoms with E-state index in [0.717, 1.165) is 12.8 Å². The predicted molar refractivity (Wildman–Crippen MR) is 46.8 cm³/mol. The molecule has 84 valence electrons. The van der Waals surface area contributed by atoms with Crippen molar-refractivity contribution in [3.8, 4) is 0 Å². The van der Waals surface area contributed by atoms with E-state index in [9.17, 15) is 13.2 Å². The van der Waals surface area contributed by atoms with Crippen LogP contribution in [-0.4, -0.2) is 24.9 Å². The number of ether oxygens (including phenoxy) is 1. The highest BCUT2D eigenvalue weighted by atomic mass is 19.4. The van der Waals surface area contributed by atoms with E-state index >= 15 is 0 Å². The van der Waals surface area contributed by atoms with Crippen LogP contribution >= 0.6 is 0 Å². The molecule has 1 saturated carbocycles. The minimum Gasteiger partial charge on any atom is -0.372 e. The van der Waals surface area contributed by atoms with E-state index in [0.29, 0.717) is 12.3 Å². The highest BCUT2D eigenvalue weighted by Crippen LogP contribution is 2.45. The van der Waals surface area contributed by atoms with Crippen LogP contribution in [-0.2, 0) is 4.74 Å². The highest BCUT2D eigenvalue weighted by Gasteiger charge is 2.48. The van der Waals surface area contributed by atoms with Crippen LogP contribution in [0.15, 0.2) is 0 Å². The number of hydrogen-bond acceptors (Lipinski definition) is 2. The smallest absolute Gasteiger partial charge is 0.372 e. The Kier molecular flexibility index (Phi) is 3.42. The van der Waals surface area contributed by atoms with Gasteiger partial charge in [-0.2, -0.15) is 13.2 Å². The van der Waals surface area contributed by atoms with Gasteiger partial charge >= 0.3 is 6.18 Å². The van der Waals surface area contributed by atoms with Gasteiger partial charge in [0.25, 0.3) is 0 Å². The van der Waals surface area contributed by atoms with Crippen molar-refractivity contribution in [2.45, 2.75) is 37.9 Å². The SMILES string of the molecule is CCC1CC1(N)CCOCC(F)(F)F. The van der Waals surface area contributed by atoms with Crippen LogP contribution in [0.1, 0.15) is 26.2 Å². The third kappa shape index (κ3) is 3.46. The maximum absolute atomic E-state index is 11.7. The topological polar surface area (TPSA) is 35.2 Å². The lowest BCUT2D eigenvalue weighted by Gasteiger charge is -2.12. The van der Waals surface area contributed by atoms with Gasteiger partial charge < -0.3 is 10.5 Å². The maximum atomic E-state index is 11.7. The molecule has 1 rings (SSSR count). The van der Waals surface area contributed by atoms with E-state index in [1.165, 1.54) is 0 Å². The Hall–Kier alpha value is -0.290. The molecule has 0 bridgehead atoms. The fraction of sp³-hybridized carbons (Fsp3) is 1.00. The van der Waals surface area contributed by atoms with Crippen molar-refractivity contribution in [1.29, 1.82) is 0 Å². The second kappa shape index (κ2) is 4.06. The van der Waals surface area contributed by atoms with Gasteiger partial charge in [0.1, 0.15) is 6.61 Å². The molecule has 0 radical (unpaired) electrons. The van der Waals surface area contributed by atoms with Crippen LogP contribution in [0.4, 0.5) is 13.2 Å². The third-order valence-corrected chi connectivity index (χ3v) is 2.75. The summed E-state index contributed by atoms with van der Waals surface area (Å²) in [5.74, 6) is 0.469. The number of halogens is 3. The quantitative estimate of drug-likeness (QED) is 0.706. The largest absolute Gasteiger partial charge is 0.411 e. The fourth-order valence-corrected chi connectivity index (χ4v) is 1.71. The summed E-state index contributed by atoms with van der Waals surface area (Å²) >= 11 is 0. The molecule has 0 aromatic rings. The van der Waals surface area contributed by atoms with Gasteiger partial charge in [-0.25, -0.2) is 0 Å². The molecule has 1 aliphatic carbocycles. The third-order valence-electron chi connectivity index (χ3n) is 2.75. The average Bonchev–Trinajstić information content (AvgIpc) is 2.70. The Bertz CT molecular complexity index is 195. The summed E-state index contributed by atoms with van der Waals surface area (Å²) in [6, 6.07) is 0. The van der Waals surface area contributed by atoms with Crippen molar-refractivity contribution in [2.24, 2.45) is 11.7 Å². The molecule has 2 unspecified atom stereocenters. The van der Waals surface area contributed by atoms with Gasteiger partial charge in [0.05, 0.1) is 0 Å². The first kappa shape index (κ1) is 11.8. The van der Waals surface area contributed by atoms with E-state index < -0.39 is 12.8 Å². The van der Waals surface area contributed by atoms with E-state index in [4.69, 9.17) is 5.73 Å². The molecule has 2 atom stereocenters. The molecule has 0 heterocycles. The van der Waals surface area contributed by atoms with E-state index in [1.807, 2.05) is 6.92 Å². The first-order chi connectivity index (χ1) is 6.37. The zero-order valence-electron chi connectivity index (χ0n) is 8.23. The Morgan fingerprint density at radius 1 is 1.50 bits per heavy atom. The molecule has 0 spiro atoms. The number of alkyl halides is 3. The summed E-state index contributed by atoms with van der Waals surface area (Å²) in [6.07, 6.45) is -1.79. The van der Waals surface area contributed by atoms with Gasteiger partial charge in [0.15, 0.2) is 0 Å². The summed E-state index contributed by atoms with van der Waals surface area (Å²) in [7, 11) is 0. The Morgan fingerprint density at radius 3 is 2.57 bits per heavy atom. The first-order valence-electron chi connectivity index (χ1n) is 4.81. The van der Waals surface area contributed by atoms with Crippen molar-refractivity contribution in [3.63, 3.8) is 0 Å². The lowest BCUT2D eigenvalue weighted by Crippen LogP contribution is -2.28. The molecule has 0 amide bonds.